The van der Waals surface area contributed by atoms with Crippen LogP contribution >= 0.6 is 11.3 Å². The molecule has 1 aliphatic rings. The smallest absolute Gasteiger partial charge is 0.223 e. The van der Waals surface area contributed by atoms with E-state index in [2.05, 4.69) is 34.0 Å². The van der Waals surface area contributed by atoms with Gasteiger partial charge in [-0.1, -0.05) is 0 Å². The molecule has 0 saturated carbocycles. The summed E-state index contributed by atoms with van der Waals surface area (Å²) < 4.78 is 0. The summed E-state index contributed by atoms with van der Waals surface area (Å²) in [7, 11) is 0. The Balaban J connectivity index is 1.48. The molecule has 0 spiro atoms. The summed E-state index contributed by atoms with van der Waals surface area (Å²) >= 11 is 1.71. The number of aryl methyl sites for hydroxylation is 2. The molecule has 1 N–H and O–H groups in total. The van der Waals surface area contributed by atoms with Crippen LogP contribution in [0, 0.1) is 19.8 Å². The summed E-state index contributed by atoms with van der Waals surface area (Å²) in [6, 6.07) is 0. The van der Waals surface area contributed by atoms with Crippen molar-refractivity contribution in [2.45, 2.75) is 53.4 Å². The maximum absolute atomic E-state index is 12.6. The van der Waals surface area contributed by atoms with Crippen molar-refractivity contribution in [3.05, 3.63) is 16.8 Å². The van der Waals surface area contributed by atoms with Crippen LogP contribution in [-0.4, -0.2) is 59.4 Å². The molecule has 0 aromatic carbocycles. The number of aromatic nitrogens is 2. The number of rotatable bonds is 8. The van der Waals surface area contributed by atoms with Crippen molar-refractivity contribution in [2.24, 2.45) is 5.92 Å². The molecule has 0 aliphatic carbocycles. The van der Waals surface area contributed by atoms with E-state index in [1.807, 2.05) is 18.7 Å². The number of hydrogen-bond acceptors (Lipinski definition) is 6. The molecule has 1 fully saturated rings. The summed E-state index contributed by atoms with van der Waals surface area (Å²) in [5.74, 6) is 1.30. The Morgan fingerprint density at radius 2 is 1.90 bits per heavy atom. The van der Waals surface area contributed by atoms with Gasteiger partial charge in [0, 0.05) is 49.9 Å². The molecule has 3 heterocycles. The zero-order valence-electron chi connectivity index (χ0n) is 18.5. The molecular formula is C22H33N5O2S. The Kier molecular flexibility index (Phi) is 7.64. The highest BCUT2D eigenvalue weighted by Gasteiger charge is 2.27. The molecule has 2 aromatic rings. The zero-order chi connectivity index (χ0) is 21.7. The molecule has 8 heteroatoms. The van der Waals surface area contributed by atoms with Gasteiger partial charge in [0.05, 0.1) is 5.39 Å². The zero-order valence-corrected chi connectivity index (χ0v) is 19.3. The highest BCUT2D eigenvalue weighted by atomic mass is 32.1. The van der Waals surface area contributed by atoms with Gasteiger partial charge in [-0.2, -0.15) is 0 Å². The van der Waals surface area contributed by atoms with Crippen molar-refractivity contribution in [1.29, 1.82) is 0 Å². The van der Waals surface area contributed by atoms with Crippen LogP contribution in [0.2, 0.25) is 0 Å². The van der Waals surface area contributed by atoms with E-state index in [-0.39, 0.29) is 17.7 Å². The van der Waals surface area contributed by atoms with Gasteiger partial charge >= 0.3 is 0 Å². The van der Waals surface area contributed by atoms with E-state index in [1.165, 1.54) is 10.4 Å². The highest BCUT2D eigenvalue weighted by Crippen LogP contribution is 2.35. The second kappa shape index (κ2) is 10.2. The molecule has 30 heavy (non-hydrogen) atoms. The quantitative estimate of drug-likeness (QED) is 0.649. The molecule has 0 atom stereocenters. The van der Waals surface area contributed by atoms with Crippen molar-refractivity contribution >= 4 is 39.2 Å². The SMILES string of the molecule is CCN(CC)C(=O)CCCNC(=O)C1CCN(c2ncnc3sc(C)c(C)c23)CC1. The average Bonchev–Trinajstić information content (AvgIpc) is 3.06. The van der Waals surface area contributed by atoms with Crippen LogP contribution in [0.3, 0.4) is 0 Å². The van der Waals surface area contributed by atoms with Crippen LogP contribution in [-0.2, 0) is 9.59 Å². The van der Waals surface area contributed by atoms with Crippen LogP contribution in [0.1, 0.15) is 50.0 Å². The average molecular weight is 432 g/mol. The van der Waals surface area contributed by atoms with Crippen LogP contribution in [0.4, 0.5) is 5.82 Å². The first kappa shape index (κ1) is 22.5. The number of hydrogen-bond donors (Lipinski definition) is 1. The van der Waals surface area contributed by atoms with E-state index in [0.29, 0.717) is 19.4 Å². The van der Waals surface area contributed by atoms with E-state index >= 15 is 0 Å². The monoisotopic (exact) mass is 431 g/mol. The van der Waals surface area contributed by atoms with E-state index in [9.17, 15) is 9.59 Å². The van der Waals surface area contributed by atoms with Crippen molar-refractivity contribution in [3.8, 4) is 0 Å². The van der Waals surface area contributed by atoms with Gasteiger partial charge in [-0.15, -0.1) is 11.3 Å². The number of nitrogens with zero attached hydrogens (tertiary/aromatic N) is 4. The molecule has 2 amide bonds. The molecule has 0 radical (unpaired) electrons. The molecule has 0 bridgehead atoms. The first-order valence-electron chi connectivity index (χ1n) is 11.0. The number of fused-ring (bicyclic) bond motifs is 1. The Hall–Kier alpha value is -2.22. The third-order valence-electron chi connectivity index (χ3n) is 6.09. The van der Waals surface area contributed by atoms with Gasteiger partial charge in [0.15, 0.2) is 0 Å². The van der Waals surface area contributed by atoms with E-state index < -0.39 is 0 Å². The lowest BCUT2D eigenvalue weighted by atomic mass is 9.95. The van der Waals surface area contributed by atoms with Crippen molar-refractivity contribution in [1.82, 2.24) is 20.2 Å². The molecule has 3 rings (SSSR count). The summed E-state index contributed by atoms with van der Waals surface area (Å²) in [5, 5.41) is 4.18. The Bertz CT molecular complexity index is 885. The standard InChI is InChI=1S/C22H33N5O2S/c1-5-26(6-2)18(28)8-7-11-23-21(29)17-9-12-27(13-10-17)20-19-15(3)16(4)30-22(19)25-14-24-20/h14,17H,5-13H2,1-4H3,(H,23,29). The predicted octanol–water partition coefficient (Wildman–Crippen LogP) is 3.29. The number of nitrogens with one attached hydrogen (secondary N) is 1. The lowest BCUT2D eigenvalue weighted by Crippen LogP contribution is -2.41. The van der Waals surface area contributed by atoms with Gasteiger partial charge in [-0.3, -0.25) is 9.59 Å². The summed E-state index contributed by atoms with van der Waals surface area (Å²) in [6.07, 6.45) is 4.46. The number of thiophene rings is 1. The second-order valence-electron chi connectivity index (χ2n) is 7.88. The molecular weight excluding hydrogens is 398 g/mol. The third kappa shape index (κ3) is 4.91. The molecule has 2 aromatic heterocycles. The number of piperidine rings is 1. The normalized spacial score (nSPS) is 14.9. The van der Waals surface area contributed by atoms with Crippen LogP contribution in [0.15, 0.2) is 6.33 Å². The number of carbonyl (C=O) groups is 2. The fourth-order valence-corrected chi connectivity index (χ4v) is 5.08. The number of anilines is 1. The van der Waals surface area contributed by atoms with Crippen molar-refractivity contribution < 1.29 is 9.59 Å². The Morgan fingerprint density at radius 1 is 1.20 bits per heavy atom. The molecule has 1 aliphatic heterocycles. The first-order valence-corrected chi connectivity index (χ1v) is 11.8. The van der Waals surface area contributed by atoms with Gasteiger partial charge < -0.3 is 15.1 Å². The Morgan fingerprint density at radius 3 is 2.57 bits per heavy atom. The van der Waals surface area contributed by atoms with Crippen LogP contribution < -0.4 is 10.2 Å². The van der Waals surface area contributed by atoms with Gasteiger partial charge in [-0.05, 0) is 52.5 Å². The van der Waals surface area contributed by atoms with E-state index in [1.54, 1.807) is 17.7 Å². The summed E-state index contributed by atoms with van der Waals surface area (Å²) in [4.78, 5) is 40.0. The van der Waals surface area contributed by atoms with Crippen molar-refractivity contribution in [2.75, 3.05) is 37.6 Å². The Labute approximate surface area is 182 Å². The van der Waals surface area contributed by atoms with Crippen molar-refractivity contribution in [3.63, 3.8) is 0 Å². The molecule has 7 nitrogen and oxygen atoms in total. The fraction of sp³-hybridized carbons (Fsp3) is 0.636. The van der Waals surface area contributed by atoms with Crippen LogP contribution in [0.5, 0.6) is 0 Å². The number of carbonyl (C=O) groups excluding carboxylic acids is 2. The summed E-state index contributed by atoms with van der Waals surface area (Å²) in [6.45, 7) is 11.9. The number of amides is 2. The predicted molar refractivity (Wildman–Crippen MR) is 122 cm³/mol. The largest absolute Gasteiger partial charge is 0.356 e. The van der Waals surface area contributed by atoms with Crippen LogP contribution in [0.25, 0.3) is 10.2 Å². The highest BCUT2D eigenvalue weighted by molar-refractivity contribution is 7.18. The van der Waals surface area contributed by atoms with Gasteiger partial charge in [-0.25, -0.2) is 9.97 Å². The first-order chi connectivity index (χ1) is 14.5. The van der Waals surface area contributed by atoms with Gasteiger partial charge in [0.1, 0.15) is 17.0 Å². The molecule has 1 saturated heterocycles. The van der Waals surface area contributed by atoms with Gasteiger partial charge in [0.25, 0.3) is 0 Å². The topological polar surface area (TPSA) is 78.4 Å². The van der Waals surface area contributed by atoms with E-state index in [0.717, 1.165) is 55.1 Å². The minimum atomic E-state index is 0.0300. The minimum Gasteiger partial charge on any atom is -0.356 e. The lowest BCUT2D eigenvalue weighted by molar-refractivity contribution is -0.131. The van der Waals surface area contributed by atoms with E-state index in [4.69, 9.17) is 0 Å². The third-order valence-corrected chi connectivity index (χ3v) is 7.21. The fourth-order valence-electron chi connectivity index (χ4n) is 4.09. The minimum absolute atomic E-state index is 0.0300. The molecule has 0 unspecified atom stereocenters. The maximum Gasteiger partial charge on any atom is 0.223 e. The molecule has 164 valence electrons. The summed E-state index contributed by atoms with van der Waals surface area (Å²) in [5.41, 5.74) is 1.25. The second-order valence-corrected chi connectivity index (χ2v) is 9.09. The van der Waals surface area contributed by atoms with Gasteiger partial charge in [0.2, 0.25) is 11.8 Å². The lowest BCUT2D eigenvalue weighted by Gasteiger charge is -2.32. The maximum atomic E-state index is 12.6.